The molecule has 2 aromatic rings. The van der Waals surface area contributed by atoms with Crippen LogP contribution in [-0.4, -0.2) is 37.5 Å². The predicted octanol–water partition coefficient (Wildman–Crippen LogP) is 1.75. The molecule has 20 heavy (non-hydrogen) atoms. The number of rotatable bonds is 5. The monoisotopic (exact) mass is 296 g/mol. The summed E-state index contributed by atoms with van der Waals surface area (Å²) in [4.78, 5) is 11.6. The molecule has 108 valence electrons. The first-order valence-corrected chi connectivity index (χ1v) is 7.06. The standard InChI is InChI=1S/C12H16N4O3S/c1-12(2,3)19-10(17)8-20-11-13-14-15-16(11)7-9-5-4-6-18-9/h4-6H,7-8H2,1-3H3. The number of thioether (sulfide) groups is 1. The first kappa shape index (κ1) is 14.6. The van der Waals surface area contributed by atoms with Crippen LogP contribution >= 0.6 is 11.8 Å². The van der Waals surface area contributed by atoms with Crippen LogP contribution in [0.4, 0.5) is 0 Å². The number of ether oxygens (including phenoxy) is 1. The molecule has 0 aliphatic rings. The minimum absolute atomic E-state index is 0.162. The Morgan fingerprint density at radius 1 is 1.50 bits per heavy atom. The van der Waals surface area contributed by atoms with E-state index in [4.69, 9.17) is 9.15 Å². The van der Waals surface area contributed by atoms with E-state index in [9.17, 15) is 4.79 Å². The third-order valence-corrected chi connectivity index (χ3v) is 3.05. The quantitative estimate of drug-likeness (QED) is 0.614. The number of esters is 1. The number of tetrazole rings is 1. The van der Waals surface area contributed by atoms with Gasteiger partial charge < -0.3 is 9.15 Å². The molecule has 0 saturated carbocycles. The Morgan fingerprint density at radius 2 is 2.30 bits per heavy atom. The van der Waals surface area contributed by atoms with E-state index in [2.05, 4.69) is 15.5 Å². The number of hydrogen-bond donors (Lipinski definition) is 0. The van der Waals surface area contributed by atoms with Gasteiger partial charge in [0.15, 0.2) is 0 Å². The van der Waals surface area contributed by atoms with Gasteiger partial charge >= 0.3 is 5.97 Å². The Bertz CT molecular complexity index is 560. The summed E-state index contributed by atoms with van der Waals surface area (Å²) >= 11 is 1.24. The van der Waals surface area contributed by atoms with Gasteiger partial charge in [0.05, 0.1) is 12.0 Å². The molecule has 0 saturated heterocycles. The molecule has 2 rings (SSSR count). The molecule has 0 radical (unpaired) electrons. The summed E-state index contributed by atoms with van der Waals surface area (Å²) in [6.07, 6.45) is 1.59. The lowest BCUT2D eigenvalue weighted by Gasteiger charge is -2.19. The van der Waals surface area contributed by atoms with Gasteiger partial charge in [0.1, 0.15) is 17.9 Å². The van der Waals surface area contributed by atoms with Gasteiger partial charge in [0.25, 0.3) is 0 Å². The SMILES string of the molecule is CC(C)(C)OC(=O)CSc1nnnn1Cc1ccco1. The third-order valence-electron chi connectivity index (χ3n) is 2.12. The molecule has 8 heteroatoms. The third kappa shape index (κ3) is 4.37. The number of nitrogens with zero attached hydrogens (tertiary/aromatic N) is 4. The van der Waals surface area contributed by atoms with Gasteiger partial charge in [-0.1, -0.05) is 11.8 Å². The van der Waals surface area contributed by atoms with E-state index in [1.807, 2.05) is 26.8 Å². The zero-order valence-corrected chi connectivity index (χ0v) is 12.4. The number of aromatic nitrogens is 4. The van der Waals surface area contributed by atoms with Crippen molar-refractivity contribution in [3.05, 3.63) is 24.2 Å². The first-order valence-electron chi connectivity index (χ1n) is 6.07. The van der Waals surface area contributed by atoms with Crippen molar-refractivity contribution < 1.29 is 13.9 Å². The van der Waals surface area contributed by atoms with Gasteiger partial charge in [-0.2, -0.15) is 0 Å². The summed E-state index contributed by atoms with van der Waals surface area (Å²) in [7, 11) is 0. The Morgan fingerprint density at radius 3 is 2.95 bits per heavy atom. The van der Waals surface area contributed by atoms with Gasteiger partial charge in [-0.3, -0.25) is 4.79 Å². The Kier molecular flexibility index (Phi) is 4.43. The Hall–Kier alpha value is -1.83. The van der Waals surface area contributed by atoms with E-state index in [0.717, 1.165) is 5.76 Å². The van der Waals surface area contributed by atoms with E-state index < -0.39 is 5.60 Å². The summed E-state index contributed by atoms with van der Waals surface area (Å²) in [5.41, 5.74) is -0.488. The molecule has 0 aliphatic carbocycles. The van der Waals surface area contributed by atoms with Gasteiger partial charge in [-0.05, 0) is 43.3 Å². The van der Waals surface area contributed by atoms with Crippen LogP contribution in [0.15, 0.2) is 28.0 Å². The molecule has 2 heterocycles. The summed E-state index contributed by atoms with van der Waals surface area (Å²) < 4.78 is 12.0. The fourth-order valence-electron chi connectivity index (χ4n) is 1.44. The van der Waals surface area contributed by atoms with Gasteiger partial charge in [-0.25, -0.2) is 4.68 Å². The molecular weight excluding hydrogens is 280 g/mol. The summed E-state index contributed by atoms with van der Waals surface area (Å²) in [6.45, 7) is 5.92. The number of hydrogen-bond acceptors (Lipinski definition) is 7. The van der Waals surface area contributed by atoms with E-state index >= 15 is 0 Å². The van der Waals surface area contributed by atoms with Crippen molar-refractivity contribution in [2.75, 3.05) is 5.75 Å². The van der Waals surface area contributed by atoms with Crippen molar-refractivity contribution in [3.8, 4) is 0 Å². The fraction of sp³-hybridized carbons (Fsp3) is 0.500. The van der Waals surface area contributed by atoms with Gasteiger partial charge in [0.2, 0.25) is 5.16 Å². The maximum absolute atomic E-state index is 11.6. The maximum Gasteiger partial charge on any atom is 0.316 e. The average molecular weight is 296 g/mol. The molecule has 2 aromatic heterocycles. The first-order chi connectivity index (χ1) is 9.44. The topological polar surface area (TPSA) is 83.0 Å². The van der Waals surface area contributed by atoms with Crippen molar-refractivity contribution in [3.63, 3.8) is 0 Å². The highest BCUT2D eigenvalue weighted by Gasteiger charge is 2.18. The van der Waals surface area contributed by atoms with Crippen LogP contribution in [-0.2, 0) is 16.1 Å². The van der Waals surface area contributed by atoms with Gasteiger partial charge in [-0.15, -0.1) is 5.10 Å². The van der Waals surface area contributed by atoms with Crippen molar-refractivity contribution in [1.82, 2.24) is 20.2 Å². The summed E-state index contributed by atoms with van der Waals surface area (Å²) in [5.74, 6) is 0.613. The van der Waals surface area contributed by atoms with Crippen molar-refractivity contribution in [1.29, 1.82) is 0 Å². The predicted molar refractivity (Wildman–Crippen MR) is 72.2 cm³/mol. The minimum atomic E-state index is -0.488. The fourth-order valence-corrected chi connectivity index (χ4v) is 2.09. The van der Waals surface area contributed by atoms with Crippen LogP contribution in [0, 0.1) is 0 Å². The second-order valence-corrected chi connectivity index (χ2v) is 6.02. The molecule has 0 amide bonds. The average Bonchev–Trinajstić information content (AvgIpc) is 2.96. The molecule has 0 bridgehead atoms. The number of carbonyl (C=O) groups is 1. The van der Waals surface area contributed by atoms with Crippen LogP contribution in [0.1, 0.15) is 26.5 Å². The van der Waals surface area contributed by atoms with Gasteiger partial charge in [0, 0.05) is 0 Å². The van der Waals surface area contributed by atoms with E-state index in [1.54, 1.807) is 17.0 Å². The lowest BCUT2D eigenvalue weighted by Crippen LogP contribution is -2.25. The smallest absolute Gasteiger partial charge is 0.316 e. The second kappa shape index (κ2) is 6.08. The number of furan rings is 1. The van der Waals surface area contributed by atoms with E-state index in [0.29, 0.717) is 11.7 Å². The molecule has 7 nitrogen and oxygen atoms in total. The Labute approximate surface area is 120 Å². The molecule has 0 aliphatic heterocycles. The highest BCUT2D eigenvalue weighted by Crippen LogP contribution is 2.17. The largest absolute Gasteiger partial charge is 0.467 e. The van der Waals surface area contributed by atoms with Crippen LogP contribution < -0.4 is 0 Å². The molecule has 0 unspecified atom stereocenters. The van der Waals surface area contributed by atoms with Crippen molar-refractivity contribution in [2.45, 2.75) is 38.1 Å². The molecule has 0 N–H and O–H groups in total. The second-order valence-electron chi connectivity index (χ2n) is 5.07. The minimum Gasteiger partial charge on any atom is -0.467 e. The molecule has 0 spiro atoms. The highest BCUT2D eigenvalue weighted by molar-refractivity contribution is 7.99. The molecule has 0 aromatic carbocycles. The lowest BCUT2D eigenvalue weighted by molar-refractivity contribution is -0.151. The summed E-state index contributed by atoms with van der Waals surface area (Å²) in [5, 5.41) is 11.9. The maximum atomic E-state index is 11.6. The molecular formula is C12H16N4O3S. The normalized spacial score (nSPS) is 11.6. The zero-order chi connectivity index (χ0) is 14.6. The zero-order valence-electron chi connectivity index (χ0n) is 11.6. The van der Waals surface area contributed by atoms with Crippen LogP contribution in [0.3, 0.4) is 0 Å². The van der Waals surface area contributed by atoms with Crippen molar-refractivity contribution >= 4 is 17.7 Å². The number of carbonyl (C=O) groups excluding carboxylic acids is 1. The molecule has 0 atom stereocenters. The molecule has 0 fully saturated rings. The lowest BCUT2D eigenvalue weighted by atomic mass is 10.2. The summed E-state index contributed by atoms with van der Waals surface area (Å²) in [6, 6.07) is 3.64. The van der Waals surface area contributed by atoms with E-state index in [-0.39, 0.29) is 11.7 Å². The Balaban J connectivity index is 1.91. The van der Waals surface area contributed by atoms with Crippen molar-refractivity contribution in [2.24, 2.45) is 0 Å². The van der Waals surface area contributed by atoms with Crippen LogP contribution in [0.25, 0.3) is 0 Å². The van der Waals surface area contributed by atoms with E-state index in [1.165, 1.54) is 11.8 Å². The highest BCUT2D eigenvalue weighted by atomic mass is 32.2. The van der Waals surface area contributed by atoms with Crippen LogP contribution in [0.5, 0.6) is 0 Å². The van der Waals surface area contributed by atoms with Crippen LogP contribution in [0.2, 0.25) is 0 Å².